The van der Waals surface area contributed by atoms with Gasteiger partial charge in [-0.3, -0.25) is 14.5 Å². The molecule has 0 radical (unpaired) electrons. The number of benzene rings is 1. The van der Waals surface area contributed by atoms with Crippen molar-refractivity contribution < 1.29 is 19.8 Å². The van der Waals surface area contributed by atoms with Gasteiger partial charge in [0, 0.05) is 13.1 Å². The van der Waals surface area contributed by atoms with E-state index in [0.717, 1.165) is 16.7 Å². The molecule has 2 rings (SSSR count). The average Bonchev–Trinajstić information content (AvgIpc) is 2.75. The summed E-state index contributed by atoms with van der Waals surface area (Å²) in [6, 6.07) is 8.60. The summed E-state index contributed by atoms with van der Waals surface area (Å²) in [5, 5.41) is 19.6. The third-order valence-corrected chi connectivity index (χ3v) is 3.94. The lowest BCUT2D eigenvalue weighted by Gasteiger charge is -2.15. The van der Waals surface area contributed by atoms with E-state index >= 15 is 0 Å². The van der Waals surface area contributed by atoms with Crippen LogP contribution in [0.2, 0.25) is 0 Å². The number of imide groups is 1. The molecule has 1 heterocycles. The molecule has 2 atom stereocenters. The summed E-state index contributed by atoms with van der Waals surface area (Å²) in [5.74, 6) is -0.491. The molecule has 0 spiro atoms. The number of nitrogens with two attached hydrogens (primary N) is 1. The van der Waals surface area contributed by atoms with Crippen molar-refractivity contribution in [1.29, 1.82) is 0 Å². The molecule has 7 heteroatoms. The van der Waals surface area contributed by atoms with Gasteiger partial charge in [-0.15, -0.1) is 0 Å². The third kappa shape index (κ3) is 3.51. The predicted octanol–water partition coefficient (Wildman–Crippen LogP) is 0.619. The van der Waals surface area contributed by atoms with Crippen LogP contribution in [-0.4, -0.2) is 45.5 Å². The zero-order valence-corrected chi connectivity index (χ0v) is 12.0. The van der Waals surface area contributed by atoms with Gasteiger partial charge in [0.1, 0.15) is 12.2 Å². The second kappa shape index (κ2) is 6.86. The quantitative estimate of drug-likeness (QED) is 0.689. The molecule has 112 valence electrons. The summed E-state index contributed by atoms with van der Waals surface area (Å²) in [7, 11) is 0. The van der Waals surface area contributed by atoms with Crippen molar-refractivity contribution in [3.05, 3.63) is 46.9 Å². The van der Waals surface area contributed by atoms with E-state index in [9.17, 15) is 19.8 Å². The van der Waals surface area contributed by atoms with Crippen molar-refractivity contribution in [1.82, 2.24) is 4.90 Å². The molecular weight excluding hydrogens is 292 g/mol. The SMILES string of the molecule is NCCN1C(=O)S/C(=C\[C@H](O)[C@@H](O)c2ccccc2)C1=O. The largest absolute Gasteiger partial charge is 0.386 e. The molecule has 1 fully saturated rings. The Labute approximate surface area is 126 Å². The molecule has 0 aromatic heterocycles. The Bertz CT molecular complexity index is 561. The molecule has 1 aliphatic rings. The number of hydrogen-bond acceptors (Lipinski definition) is 6. The van der Waals surface area contributed by atoms with Crippen LogP contribution in [0.15, 0.2) is 41.3 Å². The van der Waals surface area contributed by atoms with Gasteiger partial charge in [-0.2, -0.15) is 0 Å². The molecule has 21 heavy (non-hydrogen) atoms. The van der Waals surface area contributed by atoms with Gasteiger partial charge >= 0.3 is 0 Å². The molecule has 0 bridgehead atoms. The van der Waals surface area contributed by atoms with Gasteiger partial charge in [-0.05, 0) is 23.4 Å². The summed E-state index contributed by atoms with van der Waals surface area (Å²) in [6.45, 7) is 0.319. The predicted molar refractivity (Wildman–Crippen MR) is 79.2 cm³/mol. The maximum Gasteiger partial charge on any atom is 0.293 e. The molecule has 0 unspecified atom stereocenters. The van der Waals surface area contributed by atoms with Crippen LogP contribution in [0, 0.1) is 0 Å². The Kier molecular flexibility index (Phi) is 5.13. The molecule has 0 saturated carbocycles. The van der Waals surface area contributed by atoms with E-state index in [1.807, 2.05) is 0 Å². The van der Waals surface area contributed by atoms with E-state index < -0.39 is 23.4 Å². The number of rotatable bonds is 5. The normalized spacial score (nSPS) is 20.1. The van der Waals surface area contributed by atoms with Gasteiger partial charge < -0.3 is 15.9 Å². The summed E-state index contributed by atoms with van der Waals surface area (Å²) in [5.41, 5.74) is 5.87. The molecule has 4 N–H and O–H groups in total. The molecular formula is C14H16N2O4S. The zero-order valence-electron chi connectivity index (χ0n) is 11.2. The topological polar surface area (TPSA) is 104 Å². The van der Waals surface area contributed by atoms with Crippen molar-refractivity contribution in [2.75, 3.05) is 13.1 Å². The van der Waals surface area contributed by atoms with E-state index in [4.69, 9.17) is 5.73 Å². The van der Waals surface area contributed by atoms with Crippen LogP contribution in [0.3, 0.4) is 0 Å². The van der Waals surface area contributed by atoms with Gasteiger partial charge in [0.05, 0.1) is 4.91 Å². The minimum absolute atomic E-state index is 0.107. The Morgan fingerprint density at radius 3 is 2.52 bits per heavy atom. The molecule has 2 amide bonds. The molecule has 0 aliphatic carbocycles. The fourth-order valence-corrected chi connectivity index (χ4v) is 2.81. The highest BCUT2D eigenvalue weighted by Gasteiger charge is 2.35. The molecule has 1 saturated heterocycles. The molecule has 1 aromatic rings. The van der Waals surface area contributed by atoms with Gasteiger partial charge in [-0.1, -0.05) is 30.3 Å². The first kappa shape index (κ1) is 15.7. The number of hydrogen-bond donors (Lipinski definition) is 3. The smallest absolute Gasteiger partial charge is 0.293 e. The number of amides is 2. The fourth-order valence-electron chi connectivity index (χ4n) is 1.93. The Morgan fingerprint density at radius 2 is 1.90 bits per heavy atom. The lowest BCUT2D eigenvalue weighted by atomic mass is 10.0. The van der Waals surface area contributed by atoms with E-state index in [1.165, 1.54) is 6.08 Å². The Hall–Kier alpha value is -1.67. The molecule has 1 aromatic carbocycles. The Morgan fingerprint density at radius 1 is 1.24 bits per heavy atom. The lowest BCUT2D eigenvalue weighted by molar-refractivity contribution is -0.122. The average molecular weight is 308 g/mol. The minimum Gasteiger partial charge on any atom is -0.386 e. The first-order valence-corrected chi connectivity index (χ1v) is 7.23. The van der Waals surface area contributed by atoms with Crippen molar-refractivity contribution >= 4 is 22.9 Å². The number of aliphatic hydroxyl groups excluding tert-OH is 2. The van der Waals surface area contributed by atoms with E-state index in [0.29, 0.717) is 5.56 Å². The van der Waals surface area contributed by atoms with E-state index in [2.05, 4.69) is 0 Å². The highest BCUT2D eigenvalue weighted by molar-refractivity contribution is 8.18. The lowest BCUT2D eigenvalue weighted by Crippen LogP contribution is -2.33. The van der Waals surface area contributed by atoms with Crippen LogP contribution in [0.4, 0.5) is 4.79 Å². The number of thioether (sulfide) groups is 1. The summed E-state index contributed by atoms with van der Waals surface area (Å²) >= 11 is 0.735. The van der Waals surface area contributed by atoms with Crippen molar-refractivity contribution in [2.24, 2.45) is 5.73 Å². The molecule has 1 aliphatic heterocycles. The second-order valence-corrected chi connectivity index (χ2v) is 5.48. The minimum atomic E-state index is -1.27. The summed E-state index contributed by atoms with van der Waals surface area (Å²) in [4.78, 5) is 24.7. The van der Waals surface area contributed by atoms with Crippen molar-refractivity contribution in [2.45, 2.75) is 12.2 Å². The monoisotopic (exact) mass is 308 g/mol. The standard InChI is InChI=1S/C14H16N2O4S/c15-6-7-16-13(19)11(21-14(16)20)8-10(17)12(18)9-4-2-1-3-5-9/h1-5,8,10,12,17-18H,6-7,15H2/b11-8-/t10-,12-/m0/s1. The van der Waals surface area contributed by atoms with Gasteiger partial charge in [0.25, 0.3) is 11.1 Å². The van der Waals surface area contributed by atoms with Crippen LogP contribution in [-0.2, 0) is 4.79 Å². The van der Waals surface area contributed by atoms with Crippen LogP contribution in [0.5, 0.6) is 0 Å². The van der Waals surface area contributed by atoms with Crippen LogP contribution < -0.4 is 5.73 Å². The first-order chi connectivity index (χ1) is 10.0. The van der Waals surface area contributed by atoms with Crippen LogP contribution in [0.25, 0.3) is 0 Å². The third-order valence-electron chi connectivity index (χ3n) is 3.01. The maximum atomic E-state index is 12.0. The maximum absolute atomic E-state index is 12.0. The highest BCUT2D eigenvalue weighted by Crippen LogP contribution is 2.31. The summed E-state index contributed by atoms with van der Waals surface area (Å²) < 4.78 is 0. The first-order valence-electron chi connectivity index (χ1n) is 6.41. The fraction of sp³-hybridized carbons (Fsp3) is 0.286. The van der Waals surface area contributed by atoms with Crippen molar-refractivity contribution in [3.63, 3.8) is 0 Å². The van der Waals surface area contributed by atoms with Gasteiger partial charge in [-0.25, -0.2) is 0 Å². The second-order valence-electron chi connectivity index (χ2n) is 4.49. The van der Waals surface area contributed by atoms with Crippen molar-refractivity contribution in [3.8, 4) is 0 Å². The Balaban J connectivity index is 2.13. The summed E-state index contributed by atoms with van der Waals surface area (Å²) in [6.07, 6.45) is -1.23. The number of nitrogens with zero attached hydrogens (tertiary/aromatic N) is 1. The number of carbonyl (C=O) groups excluding carboxylic acids is 2. The van der Waals surface area contributed by atoms with E-state index in [-0.39, 0.29) is 18.0 Å². The van der Waals surface area contributed by atoms with Crippen LogP contribution >= 0.6 is 11.8 Å². The number of aliphatic hydroxyl groups is 2. The highest BCUT2D eigenvalue weighted by atomic mass is 32.2. The van der Waals surface area contributed by atoms with Gasteiger partial charge in [0.2, 0.25) is 0 Å². The number of carbonyl (C=O) groups is 2. The van der Waals surface area contributed by atoms with Gasteiger partial charge in [0.15, 0.2) is 0 Å². The zero-order chi connectivity index (χ0) is 15.4. The van der Waals surface area contributed by atoms with Crippen LogP contribution in [0.1, 0.15) is 11.7 Å². The molecule has 6 nitrogen and oxygen atoms in total. The van der Waals surface area contributed by atoms with E-state index in [1.54, 1.807) is 30.3 Å².